The fraction of sp³-hybridized carbons (Fsp3) is 0.118. The van der Waals surface area contributed by atoms with Crippen molar-refractivity contribution >= 4 is 17.3 Å². The Morgan fingerprint density at radius 2 is 1.78 bits per heavy atom. The van der Waals surface area contributed by atoms with Crippen molar-refractivity contribution < 1.29 is 4.39 Å². The fourth-order valence-corrected chi connectivity index (χ4v) is 2.13. The summed E-state index contributed by atoms with van der Waals surface area (Å²) in [7, 11) is 0. The lowest BCUT2D eigenvalue weighted by Crippen LogP contribution is -2.05. The minimum Gasteiger partial charge on any atom is -0.366 e. The van der Waals surface area contributed by atoms with Gasteiger partial charge in [0.2, 0.25) is 0 Å². The van der Waals surface area contributed by atoms with Gasteiger partial charge < -0.3 is 10.6 Å². The van der Waals surface area contributed by atoms with Gasteiger partial charge in [-0.1, -0.05) is 6.07 Å². The summed E-state index contributed by atoms with van der Waals surface area (Å²) >= 11 is 0. The highest BCUT2D eigenvalue weighted by atomic mass is 19.1. The zero-order valence-electron chi connectivity index (χ0n) is 12.6. The van der Waals surface area contributed by atoms with Gasteiger partial charge in [-0.15, -0.1) is 0 Å². The van der Waals surface area contributed by atoms with Gasteiger partial charge in [0.05, 0.1) is 0 Å². The van der Waals surface area contributed by atoms with Crippen LogP contribution in [0.5, 0.6) is 0 Å². The van der Waals surface area contributed by atoms with E-state index in [1.165, 1.54) is 12.1 Å². The smallest absolute Gasteiger partial charge is 0.136 e. The molecule has 3 rings (SSSR count). The molecule has 1 aromatic carbocycles. The molecule has 5 nitrogen and oxygen atoms in total. The summed E-state index contributed by atoms with van der Waals surface area (Å²) in [6.07, 6.45) is 3.50. The molecule has 6 heteroatoms. The summed E-state index contributed by atoms with van der Waals surface area (Å²) < 4.78 is 13.2. The second-order valence-electron chi connectivity index (χ2n) is 5.03. The molecule has 0 saturated heterocycles. The molecule has 0 saturated carbocycles. The highest BCUT2D eigenvalue weighted by Gasteiger charge is 2.03. The first-order chi connectivity index (χ1) is 11.2. The number of hydrogen-bond acceptors (Lipinski definition) is 5. The Morgan fingerprint density at radius 3 is 2.57 bits per heavy atom. The average Bonchev–Trinajstić information content (AvgIpc) is 2.53. The van der Waals surface area contributed by atoms with Crippen molar-refractivity contribution in [1.29, 1.82) is 0 Å². The third-order valence-corrected chi connectivity index (χ3v) is 3.16. The number of rotatable bonds is 5. The predicted octanol–water partition coefficient (Wildman–Crippen LogP) is 3.67. The molecule has 0 bridgehead atoms. The first kappa shape index (κ1) is 14.9. The van der Waals surface area contributed by atoms with Gasteiger partial charge in [0.15, 0.2) is 0 Å². The van der Waals surface area contributed by atoms with E-state index in [1.807, 2.05) is 19.1 Å². The first-order valence-electron chi connectivity index (χ1n) is 7.20. The minimum atomic E-state index is -0.295. The lowest BCUT2D eigenvalue weighted by Gasteiger charge is -2.10. The summed E-state index contributed by atoms with van der Waals surface area (Å²) in [5.41, 5.74) is 1.75. The maximum absolute atomic E-state index is 13.2. The van der Waals surface area contributed by atoms with Crippen molar-refractivity contribution in [2.24, 2.45) is 0 Å². The van der Waals surface area contributed by atoms with Crippen molar-refractivity contribution in [3.8, 4) is 0 Å². The molecule has 23 heavy (non-hydrogen) atoms. The van der Waals surface area contributed by atoms with Gasteiger partial charge in [0.1, 0.15) is 23.3 Å². The largest absolute Gasteiger partial charge is 0.366 e. The van der Waals surface area contributed by atoms with Gasteiger partial charge in [0.25, 0.3) is 0 Å². The Bertz CT molecular complexity index is 792. The summed E-state index contributed by atoms with van der Waals surface area (Å²) in [6, 6.07) is 11.9. The quantitative estimate of drug-likeness (QED) is 0.753. The highest BCUT2D eigenvalue weighted by molar-refractivity contribution is 5.59. The van der Waals surface area contributed by atoms with Crippen LogP contribution < -0.4 is 10.6 Å². The number of benzene rings is 1. The summed E-state index contributed by atoms with van der Waals surface area (Å²) in [6.45, 7) is 2.45. The van der Waals surface area contributed by atoms with Gasteiger partial charge in [-0.3, -0.25) is 4.98 Å². The summed E-state index contributed by atoms with van der Waals surface area (Å²) in [4.78, 5) is 12.7. The van der Waals surface area contributed by atoms with E-state index in [0.717, 1.165) is 5.56 Å². The van der Waals surface area contributed by atoms with Crippen LogP contribution in [-0.2, 0) is 6.54 Å². The molecular formula is C17H16FN5. The number of halogens is 1. The third-order valence-electron chi connectivity index (χ3n) is 3.16. The molecule has 0 amide bonds. The van der Waals surface area contributed by atoms with Crippen molar-refractivity contribution in [2.45, 2.75) is 13.5 Å². The monoisotopic (exact) mass is 309 g/mol. The van der Waals surface area contributed by atoms with E-state index >= 15 is 0 Å². The second-order valence-corrected chi connectivity index (χ2v) is 5.03. The van der Waals surface area contributed by atoms with E-state index in [9.17, 15) is 4.39 Å². The number of aromatic nitrogens is 3. The van der Waals surface area contributed by atoms with E-state index in [4.69, 9.17) is 0 Å². The van der Waals surface area contributed by atoms with Crippen LogP contribution in [0.1, 0.15) is 11.4 Å². The van der Waals surface area contributed by atoms with E-state index < -0.39 is 0 Å². The zero-order valence-corrected chi connectivity index (χ0v) is 12.6. The molecule has 0 unspecified atom stereocenters. The molecule has 2 N–H and O–H groups in total. The molecule has 2 heterocycles. The molecule has 2 aromatic heterocycles. The lowest BCUT2D eigenvalue weighted by molar-refractivity contribution is 0.628. The Kier molecular flexibility index (Phi) is 4.42. The summed E-state index contributed by atoms with van der Waals surface area (Å²) in [5, 5.41) is 6.33. The van der Waals surface area contributed by atoms with Crippen LogP contribution in [0.4, 0.5) is 21.7 Å². The summed E-state index contributed by atoms with van der Waals surface area (Å²) in [5.74, 6) is 1.65. The number of nitrogens with one attached hydrogen (secondary N) is 2. The fourth-order valence-electron chi connectivity index (χ4n) is 2.13. The van der Waals surface area contributed by atoms with Gasteiger partial charge in [-0.05, 0) is 42.8 Å². The van der Waals surface area contributed by atoms with E-state index in [0.29, 0.717) is 29.7 Å². The normalized spacial score (nSPS) is 10.3. The van der Waals surface area contributed by atoms with Gasteiger partial charge in [-0.2, -0.15) is 0 Å². The van der Waals surface area contributed by atoms with Crippen molar-refractivity contribution in [2.75, 3.05) is 10.6 Å². The molecule has 3 aromatic rings. The number of pyridine rings is 1. The molecule has 0 aliphatic rings. The van der Waals surface area contributed by atoms with Gasteiger partial charge in [-0.25, -0.2) is 14.4 Å². The van der Waals surface area contributed by atoms with Crippen LogP contribution in [0.15, 0.2) is 54.9 Å². The maximum atomic E-state index is 13.2. The van der Waals surface area contributed by atoms with Crippen molar-refractivity contribution in [3.05, 3.63) is 72.1 Å². The van der Waals surface area contributed by atoms with Crippen LogP contribution in [0.2, 0.25) is 0 Å². The van der Waals surface area contributed by atoms with Crippen LogP contribution in [-0.4, -0.2) is 15.0 Å². The molecule has 0 aliphatic carbocycles. The van der Waals surface area contributed by atoms with E-state index in [-0.39, 0.29) is 5.82 Å². The molecule has 0 radical (unpaired) electrons. The zero-order chi connectivity index (χ0) is 16.1. The Labute approximate surface area is 133 Å². The second kappa shape index (κ2) is 6.83. The number of nitrogens with zero attached hydrogens (tertiary/aromatic N) is 3. The highest BCUT2D eigenvalue weighted by Crippen LogP contribution is 2.18. The molecule has 0 atom stereocenters. The molecule has 116 valence electrons. The van der Waals surface area contributed by atoms with Crippen LogP contribution in [0, 0.1) is 12.7 Å². The predicted molar refractivity (Wildman–Crippen MR) is 88.0 cm³/mol. The van der Waals surface area contributed by atoms with Crippen molar-refractivity contribution in [1.82, 2.24) is 15.0 Å². The van der Waals surface area contributed by atoms with Crippen molar-refractivity contribution in [3.63, 3.8) is 0 Å². The first-order valence-corrected chi connectivity index (χ1v) is 7.20. The van der Waals surface area contributed by atoms with E-state index in [2.05, 4.69) is 25.6 Å². The topological polar surface area (TPSA) is 62.7 Å². The molecule has 0 aliphatic heterocycles. The van der Waals surface area contributed by atoms with Gasteiger partial charge in [0, 0.05) is 30.7 Å². The Balaban J connectivity index is 1.73. The Morgan fingerprint density at radius 1 is 1.00 bits per heavy atom. The number of aryl methyl sites for hydroxylation is 1. The lowest BCUT2D eigenvalue weighted by atomic mass is 10.3. The maximum Gasteiger partial charge on any atom is 0.136 e. The SMILES string of the molecule is Cc1nc(NCc2ccncc2)cc(Nc2cccc(F)c2)n1. The van der Waals surface area contributed by atoms with E-state index in [1.54, 1.807) is 30.6 Å². The third kappa shape index (κ3) is 4.23. The number of hydrogen-bond donors (Lipinski definition) is 2. The Hall–Kier alpha value is -3.02. The standard InChI is InChI=1S/C17H16FN5/c1-12-21-16(20-11-13-5-7-19-8-6-13)10-17(22-12)23-15-4-2-3-14(18)9-15/h2-10H,11H2,1H3,(H2,20,21,22,23). The average molecular weight is 309 g/mol. The van der Waals surface area contributed by atoms with Gasteiger partial charge >= 0.3 is 0 Å². The van der Waals surface area contributed by atoms with Crippen LogP contribution in [0.3, 0.4) is 0 Å². The molecule has 0 spiro atoms. The number of anilines is 3. The molecular weight excluding hydrogens is 293 g/mol. The minimum absolute atomic E-state index is 0.295. The van der Waals surface area contributed by atoms with Crippen LogP contribution in [0.25, 0.3) is 0 Å². The van der Waals surface area contributed by atoms with Crippen LogP contribution >= 0.6 is 0 Å². The molecule has 0 fully saturated rings.